The topological polar surface area (TPSA) is 62.2 Å². The Labute approximate surface area is 146 Å². The second-order valence-electron chi connectivity index (χ2n) is 5.74. The number of likely N-dealkylation sites (tertiary alicyclic amines) is 1. The van der Waals surface area contributed by atoms with E-state index in [0.29, 0.717) is 37.3 Å². The molecule has 10 heteroatoms. The molecule has 1 amide bonds. The lowest BCUT2D eigenvalue weighted by molar-refractivity contribution is -0.134. The molecule has 3 heterocycles. The number of hydrogen-bond acceptors (Lipinski definition) is 6. The summed E-state index contributed by atoms with van der Waals surface area (Å²) in [6.07, 6.45) is -1.68. The zero-order chi connectivity index (χ0) is 18.0. The van der Waals surface area contributed by atoms with Crippen molar-refractivity contribution in [2.45, 2.75) is 25.1 Å². The Hall–Kier alpha value is -2.23. The quantitative estimate of drug-likeness (QED) is 0.830. The predicted octanol–water partition coefficient (Wildman–Crippen LogP) is 2.69. The molecule has 0 aliphatic carbocycles. The number of amides is 1. The lowest BCUT2D eigenvalue weighted by Crippen LogP contribution is -2.46. The number of piperidine rings is 1. The van der Waals surface area contributed by atoms with E-state index in [9.17, 15) is 18.0 Å². The molecule has 0 spiro atoms. The van der Waals surface area contributed by atoms with E-state index in [-0.39, 0.29) is 6.04 Å². The monoisotopic (exact) mass is 371 g/mol. The first-order valence-corrected chi connectivity index (χ1v) is 8.56. The number of alkyl halides is 3. The lowest BCUT2D eigenvalue weighted by Gasteiger charge is -2.37. The normalized spacial score (nSPS) is 16.1. The smallest absolute Gasteiger partial charge is 0.355 e. The van der Waals surface area contributed by atoms with Crippen molar-refractivity contribution in [1.29, 1.82) is 0 Å². The minimum Gasteiger partial charge on any atom is -0.355 e. The van der Waals surface area contributed by atoms with Gasteiger partial charge in [0, 0.05) is 32.4 Å². The molecule has 0 saturated carbocycles. The zero-order valence-electron chi connectivity index (χ0n) is 13.4. The first-order valence-electron chi connectivity index (χ1n) is 7.68. The number of hydrogen-bond donors (Lipinski definition) is 0. The molecule has 1 aliphatic rings. The highest BCUT2D eigenvalue weighted by Crippen LogP contribution is 2.35. The maximum Gasteiger partial charge on any atom is 0.427 e. The molecule has 3 rings (SSSR count). The fourth-order valence-electron chi connectivity index (χ4n) is 2.87. The second-order valence-corrected chi connectivity index (χ2v) is 6.60. The molecule has 0 bridgehead atoms. The van der Waals surface area contributed by atoms with Gasteiger partial charge in [0.15, 0.2) is 11.5 Å². The van der Waals surface area contributed by atoms with Crippen molar-refractivity contribution in [3.63, 3.8) is 0 Å². The number of carbonyl (C=O) groups excluding carboxylic acids is 1. The standard InChI is InChI=1S/C15H16F3N5OS/c1-22(11-3-2-6-20-21-11)10-4-7-23(8-5-10)14(24)12-13(15(16,17)18)25-9-19-12/h2-3,6,9-10H,4-5,7-8H2,1H3. The van der Waals surface area contributed by atoms with E-state index in [4.69, 9.17) is 0 Å². The van der Waals surface area contributed by atoms with E-state index in [1.165, 1.54) is 4.90 Å². The fraction of sp³-hybridized carbons (Fsp3) is 0.467. The van der Waals surface area contributed by atoms with Crippen molar-refractivity contribution in [3.8, 4) is 0 Å². The van der Waals surface area contributed by atoms with Crippen molar-refractivity contribution < 1.29 is 18.0 Å². The van der Waals surface area contributed by atoms with Crippen LogP contribution in [-0.4, -0.2) is 52.2 Å². The van der Waals surface area contributed by atoms with Crippen LogP contribution < -0.4 is 4.90 Å². The van der Waals surface area contributed by atoms with Crippen LogP contribution in [0.15, 0.2) is 23.8 Å². The van der Waals surface area contributed by atoms with E-state index in [0.717, 1.165) is 11.3 Å². The third-order valence-corrected chi connectivity index (χ3v) is 5.12. The summed E-state index contributed by atoms with van der Waals surface area (Å²) in [5.74, 6) is 0.0697. The minimum absolute atomic E-state index is 0.151. The number of anilines is 1. The van der Waals surface area contributed by atoms with E-state index in [1.54, 1.807) is 12.3 Å². The van der Waals surface area contributed by atoms with Crippen molar-refractivity contribution >= 4 is 23.1 Å². The summed E-state index contributed by atoms with van der Waals surface area (Å²) in [5, 5.41) is 7.89. The fourth-order valence-corrected chi connectivity index (χ4v) is 3.52. The van der Waals surface area contributed by atoms with Crippen LogP contribution in [0, 0.1) is 0 Å². The van der Waals surface area contributed by atoms with Gasteiger partial charge in [0.1, 0.15) is 4.88 Å². The molecule has 1 saturated heterocycles. The Bertz CT molecular complexity index is 728. The number of nitrogens with zero attached hydrogens (tertiary/aromatic N) is 5. The van der Waals surface area contributed by atoms with Gasteiger partial charge in [-0.15, -0.1) is 16.4 Å². The van der Waals surface area contributed by atoms with Crippen LogP contribution in [-0.2, 0) is 6.18 Å². The first kappa shape index (κ1) is 17.6. The Morgan fingerprint density at radius 1 is 1.36 bits per heavy atom. The average molecular weight is 371 g/mol. The summed E-state index contributed by atoms with van der Waals surface area (Å²) in [4.78, 5) is 18.5. The van der Waals surface area contributed by atoms with Gasteiger partial charge < -0.3 is 9.80 Å². The zero-order valence-corrected chi connectivity index (χ0v) is 14.2. The molecular weight excluding hydrogens is 355 g/mol. The number of rotatable bonds is 3. The molecule has 25 heavy (non-hydrogen) atoms. The van der Waals surface area contributed by atoms with Gasteiger partial charge in [0.25, 0.3) is 5.91 Å². The van der Waals surface area contributed by atoms with Gasteiger partial charge >= 0.3 is 6.18 Å². The number of halogens is 3. The van der Waals surface area contributed by atoms with Gasteiger partial charge in [-0.3, -0.25) is 4.79 Å². The number of thiazole rings is 1. The van der Waals surface area contributed by atoms with Crippen molar-refractivity contribution in [2.75, 3.05) is 25.0 Å². The van der Waals surface area contributed by atoms with Crippen LogP contribution in [0.1, 0.15) is 28.2 Å². The molecule has 2 aromatic heterocycles. The Morgan fingerprint density at radius 3 is 2.68 bits per heavy atom. The molecule has 1 aliphatic heterocycles. The van der Waals surface area contributed by atoms with Gasteiger partial charge in [-0.1, -0.05) is 0 Å². The maximum atomic E-state index is 12.9. The average Bonchev–Trinajstić information content (AvgIpc) is 3.11. The highest BCUT2D eigenvalue weighted by atomic mass is 32.1. The van der Waals surface area contributed by atoms with E-state index >= 15 is 0 Å². The lowest BCUT2D eigenvalue weighted by atomic mass is 10.0. The highest BCUT2D eigenvalue weighted by molar-refractivity contribution is 7.10. The van der Waals surface area contributed by atoms with Crippen LogP contribution in [0.2, 0.25) is 0 Å². The van der Waals surface area contributed by atoms with Gasteiger partial charge in [-0.05, 0) is 25.0 Å². The maximum absolute atomic E-state index is 12.9. The molecule has 1 fully saturated rings. The summed E-state index contributed by atoms with van der Waals surface area (Å²) >= 11 is 0.444. The molecule has 0 radical (unpaired) electrons. The predicted molar refractivity (Wildman–Crippen MR) is 86.5 cm³/mol. The molecular formula is C15H16F3N5OS. The summed E-state index contributed by atoms with van der Waals surface area (Å²) in [6, 6.07) is 3.78. The molecule has 0 aromatic carbocycles. The minimum atomic E-state index is -4.56. The third-order valence-electron chi connectivity index (χ3n) is 4.25. The highest BCUT2D eigenvalue weighted by Gasteiger charge is 2.39. The van der Waals surface area contributed by atoms with Crippen molar-refractivity contribution in [2.24, 2.45) is 0 Å². The molecule has 2 aromatic rings. The molecule has 6 nitrogen and oxygen atoms in total. The third kappa shape index (κ3) is 3.73. The SMILES string of the molecule is CN(c1cccnn1)C1CCN(C(=O)c2ncsc2C(F)(F)F)CC1. The van der Waals surface area contributed by atoms with E-state index < -0.39 is 22.7 Å². The Morgan fingerprint density at radius 2 is 2.08 bits per heavy atom. The number of carbonyl (C=O) groups is 1. The molecule has 0 atom stereocenters. The first-order chi connectivity index (χ1) is 11.9. The Kier molecular flexibility index (Phi) is 4.89. The van der Waals surface area contributed by atoms with E-state index in [1.807, 2.05) is 18.0 Å². The van der Waals surface area contributed by atoms with Gasteiger partial charge in [0.2, 0.25) is 0 Å². The molecule has 0 unspecified atom stereocenters. The second kappa shape index (κ2) is 6.95. The summed E-state index contributed by atoms with van der Waals surface area (Å²) in [5.41, 5.74) is 0.559. The van der Waals surface area contributed by atoms with Crippen LogP contribution in [0.3, 0.4) is 0 Å². The van der Waals surface area contributed by atoms with Crippen LogP contribution in [0.25, 0.3) is 0 Å². The van der Waals surface area contributed by atoms with Crippen LogP contribution >= 0.6 is 11.3 Å². The van der Waals surface area contributed by atoms with Gasteiger partial charge in [-0.25, -0.2) is 4.98 Å². The van der Waals surface area contributed by atoms with Gasteiger partial charge in [-0.2, -0.15) is 18.3 Å². The summed E-state index contributed by atoms with van der Waals surface area (Å²) < 4.78 is 38.8. The Balaban J connectivity index is 1.65. The van der Waals surface area contributed by atoms with Crippen LogP contribution in [0.4, 0.5) is 19.0 Å². The number of aromatic nitrogens is 3. The van der Waals surface area contributed by atoms with Crippen molar-refractivity contribution in [1.82, 2.24) is 20.1 Å². The molecule has 134 valence electrons. The molecule has 0 N–H and O–H groups in total. The summed E-state index contributed by atoms with van der Waals surface area (Å²) in [6.45, 7) is 0.756. The van der Waals surface area contributed by atoms with Gasteiger partial charge in [0.05, 0.1) is 5.51 Å². The van der Waals surface area contributed by atoms with Crippen LogP contribution in [0.5, 0.6) is 0 Å². The van der Waals surface area contributed by atoms with E-state index in [2.05, 4.69) is 15.2 Å². The van der Waals surface area contributed by atoms with Crippen molar-refractivity contribution in [3.05, 3.63) is 34.4 Å². The summed E-state index contributed by atoms with van der Waals surface area (Å²) in [7, 11) is 1.90. The largest absolute Gasteiger partial charge is 0.427 e.